The molecule has 0 saturated heterocycles. The standard InChI is InChI=1S/C15H12N2O4/c1-10(18)17-13-5-3-2-4-12(13)15(20)21-14(19)11-6-8-16-9-7-11/h2-9H,1H3,(H,17,18). The van der Waals surface area contributed by atoms with E-state index in [4.69, 9.17) is 4.74 Å². The summed E-state index contributed by atoms with van der Waals surface area (Å²) in [5.41, 5.74) is 0.614. The first-order valence-corrected chi connectivity index (χ1v) is 6.11. The van der Waals surface area contributed by atoms with Crippen LogP contribution in [-0.4, -0.2) is 22.8 Å². The lowest BCUT2D eigenvalue weighted by molar-refractivity contribution is -0.114. The molecule has 6 heteroatoms. The minimum atomic E-state index is -0.832. The highest BCUT2D eigenvalue weighted by molar-refractivity contribution is 6.06. The van der Waals surface area contributed by atoms with Crippen molar-refractivity contribution in [3.05, 3.63) is 59.9 Å². The summed E-state index contributed by atoms with van der Waals surface area (Å²) in [6.07, 6.45) is 2.85. The molecule has 106 valence electrons. The molecule has 6 nitrogen and oxygen atoms in total. The molecule has 0 atom stereocenters. The molecule has 0 fully saturated rings. The van der Waals surface area contributed by atoms with Gasteiger partial charge in [-0.1, -0.05) is 12.1 Å². The molecule has 0 spiro atoms. The number of ether oxygens (including phenoxy) is 1. The molecule has 2 rings (SSSR count). The Bertz CT molecular complexity index is 683. The Hall–Kier alpha value is -3.02. The first kappa shape index (κ1) is 14.4. The Kier molecular flexibility index (Phi) is 4.40. The van der Waals surface area contributed by atoms with Crippen LogP contribution in [0.2, 0.25) is 0 Å². The van der Waals surface area contributed by atoms with Crippen molar-refractivity contribution in [3.63, 3.8) is 0 Å². The number of hydrogen-bond donors (Lipinski definition) is 1. The lowest BCUT2D eigenvalue weighted by atomic mass is 10.2. The average Bonchev–Trinajstić information content (AvgIpc) is 2.48. The van der Waals surface area contributed by atoms with E-state index in [0.717, 1.165) is 0 Å². The number of nitrogens with one attached hydrogen (secondary N) is 1. The molecule has 0 unspecified atom stereocenters. The normalized spacial score (nSPS) is 9.76. The van der Waals surface area contributed by atoms with E-state index in [1.807, 2.05) is 0 Å². The third-order valence-corrected chi connectivity index (χ3v) is 2.56. The first-order chi connectivity index (χ1) is 10.1. The monoisotopic (exact) mass is 284 g/mol. The fraction of sp³-hybridized carbons (Fsp3) is 0.0667. The van der Waals surface area contributed by atoms with Gasteiger partial charge in [-0.2, -0.15) is 0 Å². The minimum absolute atomic E-state index is 0.107. The third kappa shape index (κ3) is 3.73. The summed E-state index contributed by atoms with van der Waals surface area (Å²) in [6, 6.07) is 9.17. The molecule has 1 amide bonds. The van der Waals surface area contributed by atoms with Crippen molar-refractivity contribution in [1.29, 1.82) is 0 Å². The summed E-state index contributed by atoms with van der Waals surface area (Å²) in [4.78, 5) is 38.7. The predicted octanol–water partition coefficient (Wildman–Crippen LogP) is 2.04. The Balaban J connectivity index is 2.17. The lowest BCUT2D eigenvalue weighted by Crippen LogP contribution is -2.16. The fourth-order valence-electron chi connectivity index (χ4n) is 1.65. The Morgan fingerprint density at radius 3 is 2.33 bits per heavy atom. The summed E-state index contributed by atoms with van der Waals surface area (Å²) in [5, 5.41) is 2.51. The maximum Gasteiger partial charge on any atom is 0.348 e. The second-order valence-corrected chi connectivity index (χ2v) is 4.14. The Morgan fingerprint density at radius 2 is 1.67 bits per heavy atom. The number of amides is 1. The van der Waals surface area contributed by atoms with E-state index in [1.165, 1.54) is 37.5 Å². The Morgan fingerprint density at radius 1 is 1.00 bits per heavy atom. The van der Waals surface area contributed by atoms with E-state index < -0.39 is 11.9 Å². The maximum atomic E-state index is 12.0. The van der Waals surface area contributed by atoms with Gasteiger partial charge in [0.1, 0.15) is 0 Å². The molecule has 0 saturated carbocycles. The molecule has 0 aliphatic rings. The number of carbonyl (C=O) groups is 3. The van der Waals surface area contributed by atoms with Crippen molar-refractivity contribution in [2.75, 3.05) is 5.32 Å². The van der Waals surface area contributed by atoms with Crippen molar-refractivity contribution in [1.82, 2.24) is 4.98 Å². The number of rotatable bonds is 3. The van der Waals surface area contributed by atoms with Gasteiger partial charge >= 0.3 is 11.9 Å². The number of carbonyl (C=O) groups excluding carboxylic acids is 3. The largest absolute Gasteiger partial charge is 0.386 e. The van der Waals surface area contributed by atoms with Crippen molar-refractivity contribution in [2.45, 2.75) is 6.92 Å². The van der Waals surface area contributed by atoms with Crippen LogP contribution in [0.3, 0.4) is 0 Å². The number of pyridine rings is 1. The maximum absolute atomic E-state index is 12.0. The zero-order valence-corrected chi connectivity index (χ0v) is 11.2. The summed E-state index contributed by atoms with van der Waals surface area (Å²) in [6.45, 7) is 1.32. The van der Waals surface area contributed by atoms with E-state index >= 15 is 0 Å². The molecular formula is C15H12N2O4. The van der Waals surface area contributed by atoms with E-state index in [9.17, 15) is 14.4 Å². The van der Waals surface area contributed by atoms with E-state index in [2.05, 4.69) is 10.3 Å². The van der Waals surface area contributed by atoms with E-state index in [-0.39, 0.29) is 22.7 Å². The van der Waals surface area contributed by atoms with Crippen molar-refractivity contribution >= 4 is 23.5 Å². The molecule has 1 aromatic carbocycles. The summed E-state index contributed by atoms with van der Waals surface area (Å²) >= 11 is 0. The predicted molar refractivity (Wildman–Crippen MR) is 74.7 cm³/mol. The van der Waals surface area contributed by atoms with Crippen molar-refractivity contribution in [3.8, 4) is 0 Å². The highest BCUT2D eigenvalue weighted by Crippen LogP contribution is 2.17. The van der Waals surface area contributed by atoms with Gasteiger partial charge < -0.3 is 10.1 Å². The van der Waals surface area contributed by atoms with Crippen LogP contribution in [0.5, 0.6) is 0 Å². The SMILES string of the molecule is CC(=O)Nc1ccccc1C(=O)OC(=O)c1ccncc1. The molecule has 0 bridgehead atoms. The van der Waals surface area contributed by atoms with Gasteiger partial charge in [-0.15, -0.1) is 0 Å². The van der Waals surface area contributed by atoms with Gasteiger partial charge in [-0.25, -0.2) is 9.59 Å². The number of anilines is 1. The number of aromatic nitrogens is 1. The van der Waals surface area contributed by atoms with E-state index in [1.54, 1.807) is 18.2 Å². The second-order valence-electron chi connectivity index (χ2n) is 4.14. The van der Waals surface area contributed by atoms with Gasteiger partial charge in [0.05, 0.1) is 16.8 Å². The molecular weight excluding hydrogens is 272 g/mol. The first-order valence-electron chi connectivity index (χ1n) is 6.11. The fourth-order valence-corrected chi connectivity index (χ4v) is 1.65. The lowest BCUT2D eigenvalue weighted by Gasteiger charge is -2.08. The average molecular weight is 284 g/mol. The highest BCUT2D eigenvalue weighted by Gasteiger charge is 2.18. The molecule has 21 heavy (non-hydrogen) atoms. The van der Waals surface area contributed by atoms with Crippen molar-refractivity contribution < 1.29 is 19.1 Å². The van der Waals surface area contributed by atoms with Crippen molar-refractivity contribution in [2.24, 2.45) is 0 Å². The molecule has 1 heterocycles. The number of esters is 2. The van der Waals surface area contributed by atoms with Crippen LogP contribution < -0.4 is 5.32 Å². The zero-order chi connectivity index (χ0) is 15.2. The molecule has 0 aliphatic carbocycles. The van der Waals surface area contributed by atoms with Gasteiger partial charge in [-0.3, -0.25) is 9.78 Å². The quantitative estimate of drug-likeness (QED) is 0.688. The van der Waals surface area contributed by atoms with Gasteiger partial charge in [0, 0.05) is 19.3 Å². The molecule has 0 radical (unpaired) electrons. The van der Waals surface area contributed by atoms with Crippen LogP contribution in [0.15, 0.2) is 48.8 Å². The molecule has 2 aromatic rings. The summed E-state index contributed by atoms with van der Waals surface area (Å²) < 4.78 is 4.79. The van der Waals surface area contributed by atoms with Crippen LogP contribution >= 0.6 is 0 Å². The molecule has 0 aliphatic heterocycles. The molecule has 1 aromatic heterocycles. The second kappa shape index (κ2) is 6.42. The highest BCUT2D eigenvalue weighted by atomic mass is 16.6. The summed E-state index contributed by atoms with van der Waals surface area (Å²) in [7, 11) is 0. The summed E-state index contributed by atoms with van der Waals surface area (Å²) in [5.74, 6) is -1.93. The van der Waals surface area contributed by atoms with Crippen LogP contribution in [0.1, 0.15) is 27.6 Å². The zero-order valence-electron chi connectivity index (χ0n) is 11.2. The molecule has 1 N–H and O–H groups in total. The number of nitrogens with zero attached hydrogens (tertiary/aromatic N) is 1. The Labute approximate surface area is 120 Å². The van der Waals surface area contributed by atoms with Crippen LogP contribution in [-0.2, 0) is 9.53 Å². The third-order valence-electron chi connectivity index (χ3n) is 2.56. The number of hydrogen-bond acceptors (Lipinski definition) is 5. The van der Waals surface area contributed by atoms with Gasteiger partial charge in [0.15, 0.2) is 0 Å². The smallest absolute Gasteiger partial charge is 0.348 e. The number of para-hydroxylation sites is 1. The number of benzene rings is 1. The van der Waals surface area contributed by atoms with Gasteiger partial charge in [0.25, 0.3) is 0 Å². The topological polar surface area (TPSA) is 85.4 Å². The van der Waals surface area contributed by atoms with Gasteiger partial charge in [-0.05, 0) is 24.3 Å². The van der Waals surface area contributed by atoms with Crippen LogP contribution in [0, 0.1) is 0 Å². The van der Waals surface area contributed by atoms with E-state index in [0.29, 0.717) is 0 Å². The van der Waals surface area contributed by atoms with Crippen LogP contribution in [0.4, 0.5) is 5.69 Å². The van der Waals surface area contributed by atoms with Crippen LogP contribution in [0.25, 0.3) is 0 Å². The van der Waals surface area contributed by atoms with Gasteiger partial charge in [0.2, 0.25) is 5.91 Å². The minimum Gasteiger partial charge on any atom is -0.386 e.